The summed E-state index contributed by atoms with van der Waals surface area (Å²) in [6.45, 7) is 3.69. The molecule has 0 bridgehead atoms. The molecule has 1 aromatic rings. The lowest BCUT2D eigenvalue weighted by Gasteiger charge is -2.19. The van der Waals surface area contributed by atoms with E-state index >= 15 is 0 Å². The van der Waals surface area contributed by atoms with Crippen LogP contribution in [-0.2, 0) is 4.79 Å². The van der Waals surface area contributed by atoms with Crippen LogP contribution in [0.4, 0.5) is 0 Å². The molecule has 4 nitrogen and oxygen atoms in total. The average Bonchev–Trinajstić information content (AvgIpc) is 2.24. The molecule has 92 valence electrons. The van der Waals surface area contributed by atoms with Gasteiger partial charge in [0.1, 0.15) is 6.54 Å². The Morgan fingerprint density at radius 1 is 1.41 bits per heavy atom. The zero-order chi connectivity index (χ0) is 13.0. The Morgan fingerprint density at radius 3 is 2.53 bits per heavy atom. The van der Waals surface area contributed by atoms with Gasteiger partial charge in [-0.3, -0.25) is 9.59 Å². The van der Waals surface area contributed by atoms with E-state index in [4.69, 9.17) is 5.11 Å². The number of carbonyl (C=O) groups excluding carboxylic acids is 1. The first kappa shape index (κ1) is 13.7. The summed E-state index contributed by atoms with van der Waals surface area (Å²) in [5.74, 6) is -1.25. The van der Waals surface area contributed by atoms with Crippen molar-refractivity contribution in [2.45, 2.75) is 13.8 Å². The van der Waals surface area contributed by atoms with Crippen molar-refractivity contribution in [3.8, 4) is 0 Å². The van der Waals surface area contributed by atoms with Crippen LogP contribution in [0.2, 0.25) is 0 Å². The number of hydrogen-bond donors (Lipinski definition) is 1. The van der Waals surface area contributed by atoms with E-state index in [2.05, 4.69) is 15.9 Å². The molecule has 0 aliphatic rings. The number of aryl methyl sites for hydroxylation is 1. The highest BCUT2D eigenvalue weighted by Gasteiger charge is 2.18. The minimum Gasteiger partial charge on any atom is -0.480 e. The third-order valence-electron chi connectivity index (χ3n) is 2.41. The molecule has 0 radical (unpaired) electrons. The summed E-state index contributed by atoms with van der Waals surface area (Å²) in [6.07, 6.45) is 0. The minimum absolute atomic E-state index is 0.250. The number of aliphatic carboxylic acids is 1. The second-order valence-corrected chi connectivity index (χ2v) is 4.59. The van der Waals surface area contributed by atoms with Crippen LogP contribution in [0.25, 0.3) is 0 Å². The van der Waals surface area contributed by atoms with Gasteiger partial charge in [-0.25, -0.2) is 0 Å². The Morgan fingerprint density at radius 2 is 2.06 bits per heavy atom. The van der Waals surface area contributed by atoms with E-state index in [0.29, 0.717) is 12.1 Å². The molecule has 0 unspecified atom stereocenters. The fourth-order valence-electron chi connectivity index (χ4n) is 1.53. The van der Waals surface area contributed by atoms with Gasteiger partial charge in [0, 0.05) is 16.6 Å². The molecular weight excluding hydrogens is 286 g/mol. The highest BCUT2D eigenvalue weighted by molar-refractivity contribution is 9.10. The Kier molecular flexibility index (Phi) is 4.69. The van der Waals surface area contributed by atoms with Crippen molar-refractivity contribution < 1.29 is 14.7 Å². The van der Waals surface area contributed by atoms with Gasteiger partial charge in [0.2, 0.25) is 0 Å². The van der Waals surface area contributed by atoms with Crippen molar-refractivity contribution in [2.24, 2.45) is 0 Å². The van der Waals surface area contributed by atoms with Crippen LogP contribution >= 0.6 is 15.9 Å². The number of hydrogen-bond acceptors (Lipinski definition) is 2. The third kappa shape index (κ3) is 3.56. The van der Waals surface area contributed by atoms with Crippen molar-refractivity contribution in [1.29, 1.82) is 0 Å². The lowest BCUT2D eigenvalue weighted by atomic mass is 10.1. The quantitative estimate of drug-likeness (QED) is 0.928. The van der Waals surface area contributed by atoms with Crippen molar-refractivity contribution in [1.82, 2.24) is 4.90 Å². The van der Waals surface area contributed by atoms with E-state index in [1.807, 2.05) is 13.0 Å². The molecule has 1 rings (SSSR count). The number of amides is 1. The van der Waals surface area contributed by atoms with Gasteiger partial charge in [-0.15, -0.1) is 0 Å². The lowest BCUT2D eigenvalue weighted by molar-refractivity contribution is -0.137. The predicted octanol–water partition coefficient (Wildman–Crippen LogP) is 2.30. The number of nitrogens with zero attached hydrogens (tertiary/aromatic N) is 1. The topological polar surface area (TPSA) is 57.6 Å². The molecule has 0 aromatic heterocycles. The summed E-state index contributed by atoms with van der Waals surface area (Å²) >= 11 is 3.32. The van der Waals surface area contributed by atoms with Gasteiger partial charge < -0.3 is 10.0 Å². The van der Waals surface area contributed by atoms with Gasteiger partial charge in [-0.1, -0.05) is 15.9 Å². The molecule has 0 saturated heterocycles. The van der Waals surface area contributed by atoms with E-state index in [0.717, 1.165) is 10.0 Å². The van der Waals surface area contributed by atoms with Crippen molar-refractivity contribution in [3.05, 3.63) is 33.8 Å². The molecule has 1 aromatic carbocycles. The van der Waals surface area contributed by atoms with E-state index in [9.17, 15) is 9.59 Å². The van der Waals surface area contributed by atoms with Gasteiger partial charge >= 0.3 is 5.97 Å². The Labute approximate surface area is 108 Å². The van der Waals surface area contributed by atoms with Gasteiger partial charge in [-0.05, 0) is 37.6 Å². The summed E-state index contributed by atoms with van der Waals surface area (Å²) in [7, 11) is 0. The van der Waals surface area contributed by atoms with Crippen molar-refractivity contribution in [2.75, 3.05) is 13.1 Å². The SMILES string of the molecule is CCN(CC(=O)O)C(=O)c1ccc(Br)cc1C. The Balaban J connectivity index is 2.97. The molecule has 1 amide bonds. The first-order chi connectivity index (χ1) is 7.95. The minimum atomic E-state index is -1.00. The maximum Gasteiger partial charge on any atom is 0.323 e. The Bertz CT molecular complexity index is 445. The van der Waals surface area contributed by atoms with Crippen LogP contribution in [0, 0.1) is 6.92 Å². The highest BCUT2D eigenvalue weighted by Crippen LogP contribution is 2.17. The molecule has 0 atom stereocenters. The molecule has 0 aliphatic carbocycles. The van der Waals surface area contributed by atoms with Crippen LogP contribution in [0.15, 0.2) is 22.7 Å². The first-order valence-corrected chi connectivity index (χ1v) is 6.02. The van der Waals surface area contributed by atoms with Crippen LogP contribution < -0.4 is 0 Å². The molecule has 0 heterocycles. The fourth-order valence-corrected chi connectivity index (χ4v) is 2.00. The van der Waals surface area contributed by atoms with Gasteiger partial charge in [0.25, 0.3) is 5.91 Å². The number of likely N-dealkylation sites (N-methyl/N-ethyl adjacent to an activating group) is 1. The van der Waals surface area contributed by atoms with Crippen LogP contribution in [0.5, 0.6) is 0 Å². The second kappa shape index (κ2) is 5.82. The molecule has 0 spiro atoms. The average molecular weight is 300 g/mol. The fraction of sp³-hybridized carbons (Fsp3) is 0.333. The molecule has 1 N–H and O–H groups in total. The third-order valence-corrected chi connectivity index (χ3v) is 2.91. The second-order valence-electron chi connectivity index (χ2n) is 3.67. The highest BCUT2D eigenvalue weighted by atomic mass is 79.9. The summed E-state index contributed by atoms with van der Waals surface area (Å²) < 4.78 is 0.896. The molecule has 5 heteroatoms. The van der Waals surface area contributed by atoms with E-state index in [1.54, 1.807) is 19.1 Å². The number of carboxylic acid groups (broad SMARTS) is 1. The van der Waals surface area contributed by atoms with E-state index in [1.165, 1.54) is 4.90 Å². The van der Waals surface area contributed by atoms with Crippen molar-refractivity contribution >= 4 is 27.8 Å². The zero-order valence-corrected chi connectivity index (χ0v) is 11.3. The maximum absolute atomic E-state index is 12.1. The van der Waals surface area contributed by atoms with Crippen molar-refractivity contribution in [3.63, 3.8) is 0 Å². The summed E-state index contributed by atoms with van der Waals surface area (Å²) in [5.41, 5.74) is 1.37. The standard InChI is InChI=1S/C12H14BrNO3/c1-3-14(7-11(15)16)12(17)10-5-4-9(13)6-8(10)2/h4-6H,3,7H2,1-2H3,(H,15,16). The van der Waals surface area contributed by atoms with Crippen LogP contribution in [0.1, 0.15) is 22.8 Å². The number of carbonyl (C=O) groups is 2. The first-order valence-electron chi connectivity index (χ1n) is 5.23. The Hall–Kier alpha value is -1.36. The van der Waals surface area contributed by atoms with Gasteiger partial charge in [0.05, 0.1) is 0 Å². The molecule has 0 fully saturated rings. The largest absolute Gasteiger partial charge is 0.480 e. The number of rotatable bonds is 4. The number of carboxylic acids is 1. The van der Waals surface area contributed by atoms with E-state index in [-0.39, 0.29) is 12.5 Å². The smallest absolute Gasteiger partial charge is 0.323 e. The summed E-state index contributed by atoms with van der Waals surface area (Å²) in [6, 6.07) is 5.31. The molecule has 17 heavy (non-hydrogen) atoms. The summed E-state index contributed by atoms with van der Waals surface area (Å²) in [4.78, 5) is 24.0. The summed E-state index contributed by atoms with van der Waals surface area (Å²) in [5, 5.41) is 8.72. The number of benzene rings is 1. The van der Waals surface area contributed by atoms with Gasteiger partial charge in [-0.2, -0.15) is 0 Å². The predicted molar refractivity (Wildman–Crippen MR) is 68.1 cm³/mol. The molecule has 0 saturated carbocycles. The van der Waals surface area contributed by atoms with Crippen LogP contribution in [-0.4, -0.2) is 35.0 Å². The zero-order valence-electron chi connectivity index (χ0n) is 9.74. The number of halogens is 1. The molecular formula is C12H14BrNO3. The molecule has 0 aliphatic heterocycles. The monoisotopic (exact) mass is 299 g/mol. The maximum atomic E-state index is 12.1. The van der Waals surface area contributed by atoms with E-state index < -0.39 is 5.97 Å². The lowest BCUT2D eigenvalue weighted by Crippen LogP contribution is -2.35. The van der Waals surface area contributed by atoms with Gasteiger partial charge in [0.15, 0.2) is 0 Å². The normalized spacial score (nSPS) is 10.1. The van der Waals surface area contributed by atoms with Crippen LogP contribution in [0.3, 0.4) is 0 Å².